The maximum absolute atomic E-state index is 11.9. The van der Waals surface area contributed by atoms with Gasteiger partial charge in [0.25, 0.3) is 5.91 Å². The highest BCUT2D eigenvalue weighted by Gasteiger charge is 2.25. The van der Waals surface area contributed by atoms with Gasteiger partial charge < -0.3 is 10.6 Å². The summed E-state index contributed by atoms with van der Waals surface area (Å²) in [6.45, 7) is 2.21. The van der Waals surface area contributed by atoms with Crippen molar-refractivity contribution in [3.8, 4) is 0 Å². The number of carbonyl (C=O) groups is 1. The number of carbonyl (C=O) groups excluding carboxylic acids is 1. The summed E-state index contributed by atoms with van der Waals surface area (Å²) in [7, 11) is 0. The van der Waals surface area contributed by atoms with Crippen molar-refractivity contribution in [2.75, 3.05) is 19.6 Å². The number of amides is 1. The van der Waals surface area contributed by atoms with Crippen LogP contribution in [0.4, 0.5) is 0 Å². The van der Waals surface area contributed by atoms with Crippen LogP contribution in [0.3, 0.4) is 0 Å². The summed E-state index contributed by atoms with van der Waals surface area (Å²) in [5.41, 5.74) is 6.17. The van der Waals surface area contributed by atoms with Crippen LogP contribution in [0.2, 0.25) is 0 Å². The first kappa shape index (κ1) is 10.0. The van der Waals surface area contributed by atoms with Crippen LogP contribution in [0, 0.1) is 5.92 Å². The minimum atomic E-state index is 0.0286. The smallest absolute Gasteiger partial charge is 0.255 e. The molecule has 15 heavy (non-hydrogen) atoms. The maximum atomic E-state index is 11.9. The molecule has 5 nitrogen and oxygen atoms in total. The van der Waals surface area contributed by atoms with Gasteiger partial charge >= 0.3 is 0 Å². The SMILES string of the molecule is NCC1CCN(C(=O)c2ccnnc2)C1. The van der Waals surface area contributed by atoms with E-state index in [1.165, 1.54) is 12.4 Å². The van der Waals surface area contributed by atoms with E-state index in [9.17, 15) is 4.79 Å². The zero-order valence-corrected chi connectivity index (χ0v) is 8.47. The van der Waals surface area contributed by atoms with Gasteiger partial charge in [-0.1, -0.05) is 0 Å². The molecule has 0 aromatic carbocycles. The number of rotatable bonds is 2. The zero-order chi connectivity index (χ0) is 10.7. The van der Waals surface area contributed by atoms with Crippen molar-refractivity contribution >= 4 is 5.91 Å². The molecule has 2 N–H and O–H groups in total. The van der Waals surface area contributed by atoms with Crippen LogP contribution < -0.4 is 5.73 Å². The summed E-state index contributed by atoms with van der Waals surface area (Å²) in [4.78, 5) is 13.8. The van der Waals surface area contributed by atoms with Gasteiger partial charge in [0.15, 0.2) is 0 Å². The molecule has 0 saturated carbocycles. The molecular formula is C10H14N4O. The predicted octanol–water partition coefficient (Wildman–Crippen LogP) is -0.103. The van der Waals surface area contributed by atoms with Crippen molar-refractivity contribution in [3.63, 3.8) is 0 Å². The van der Waals surface area contributed by atoms with Crippen LogP contribution in [0.1, 0.15) is 16.8 Å². The molecule has 1 aliphatic heterocycles. The number of likely N-dealkylation sites (tertiary alicyclic amines) is 1. The molecule has 1 fully saturated rings. The van der Waals surface area contributed by atoms with E-state index in [0.717, 1.165) is 19.5 Å². The Bertz CT molecular complexity index is 341. The lowest BCUT2D eigenvalue weighted by Gasteiger charge is -2.15. The van der Waals surface area contributed by atoms with Gasteiger partial charge in [-0.05, 0) is 24.9 Å². The molecule has 1 aromatic rings. The average molecular weight is 206 g/mol. The van der Waals surface area contributed by atoms with E-state index < -0.39 is 0 Å². The van der Waals surface area contributed by atoms with Crippen molar-refractivity contribution < 1.29 is 4.79 Å². The standard InChI is InChI=1S/C10H14N4O/c11-5-8-2-4-14(7-8)10(15)9-1-3-12-13-6-9/h1,3,6,8H,2,4-5,7,11H2. The van der Waals surface area contributed by atoms with Gasteiger partial charge in [0, 0.05) is 13.1 Å². The summed E-state index contributed by atoms with van der Waals surface area (Å²) in [6.07, 6.45) is 4.03. The Morgan fingerprint density at radius 1 is 1.60 bits per heavy atom. The second-order valence-electron chi connectivity index (χ2n) is 3.77. The number of nitrogens with zero attached hydrogens (tertiary/aromatic N) is 3. The predicted molar refractivity (Wildman–Crippen MR) is 55.1 cm³/mol. The average Bonchev–Trinajstić information content (AvgIpc) is 2.78. The van der Waals surface area contributed by atoms with Gasteiger partial charge in [-0.25, -0.2) is 0 Å². The topological polar surface area (TPSA) is 72.1 Å². The largest absolute Gasteiger partial charge is 0.338 e. The number of hydrogen-bond acceptors (Lipinski definition) is 4. The minimum absolute atomic E-state index is 0.0286. The van der Waals surface area contributed by atoms with Crippen LogP contribution >= 0.6 is 0 Å². The third-order valence-corrected chi connectivity index (χ3v) is 2.74. The van der Waals surface area contributed by atoms with Crippen molar-refractivity contribution in [1.82, 2.24) is 15.1 Å². The van der Waals surface area contributed by atoms with E-state index in [1.54, 1.807) is 6.07 Å². The van der Waals surface area contributed by atoms with Crippen LogP contribution in [-0.2, 0) is 0 Å². The monoisotopic (exact) mass is 206 g/mol. The molecule has 1 aliphatic rings. The summed E-state index contributed by atoms with van der Waals surface area (Å²) in [5.74, 6) is 0.476. The van der Waals surface area contributed by atoms with Crippen LogP contribution in [-0.4, -0.2) is 40.6 Å². The molecule has 80 valence electrons. The zero-order valence-electron chi connectivity index (χ0n) is 8.47. The fourth-order valence-corrected chi connectivity index (χ4v) is 1.81. The second-order valence-corrected chi connectivity index (χ2v) is 3.77. The van der Waals surface area contributed by atoms with Crippen molar-refractivity contribution in [2.45, 2.75) is 6.42 Å². The Morgan fingerprint density at radius 3 is 3.07 bits per heavy atom. The quantitative estimate of drug-likeness (QED) is 0.733. The normalized spacial score (nSPS) is 20.6. The number of hydrogen-bond donors (Lipinski definition) is 1. The van der Waals surface area contributed by atoms with Gasteiger partial charge in [-0.3, -0.25) is 4.79 Å². The first-order valence-electron chi connectivity index (χ1n) is 5.07. The maximum Gasteiger partial charge on any atom is 0.255 e. The van der Waals surface area contributed by atoms with Crippen LogP contribution in [0.25, 0.3) is 0 Å². The number of nitrogens with two attached hydrogens (primary N) is 1. The Kier molecular flexibility index (Phi) is 2.91. The number of aromatic nitrogens is 2. The highest BCUT2D eigenvalue weighted by Crippen LogP contribution is 2.16. The third kappa shape index (κ3) is 2.12. The molecule has 1 aromatic heterocycles. The molecule has 1 amide bonds. The summed E-state index contributed by atoms with van der Waals surface area (Å²) in [6, 6.07) is 1.69. The fraction of sp³-hybridized carbons (Fsp3) is 0.500. The van der Waals surface area contributed by atoms with Gasteiger partial charge in [0.05, 0.1) is 18.0 Å². The Labute approximate surface area is 88.3 Å². The highest BCUT2D eigenvalue weighted by atomic mass is 16.2. The molecule has 1 atom stereocenters. The van der Waals surface area contributed by atoms with E-state index in [2.05, 4.69) is 10.2 Å². The summed E-state index contributed by atoms with van der Waals surface area (Å²) < 4.78 is 0. The van der Waals surface area contributed by atoms with Gasteiger partial charge in [-0.2, -0.15) is 10.2 Å². The molecule has 1 saturated heterocycles. The van der Waals surface area contributed by atoms with Gasteiger partial charge in [0.2, 0.25) is 0 Å². The van der Waals surface area contributed by atoms with Gasteiger partial charge in [0.1, 0.15) is 0 Å². The van der Waals surface area contributed by atoms with Gasteiger partial charge in [-0.15, -0.1) is 0 Å². The lowest BCUT2D eigenvalue weighted by atomic mass is 10.1. The molecule has 0 bridgehead atoms. The van der Waals surface area contributed by atoms with E-state index in [0.29, 0.717) is 18.0 Å². The first-order valence-corrected chi connectivity index (χ1v) is 5.07. The molecular weight excluding hydrogens is 192 g/mol. The highest BCUT2D eigenvalue weighted by molar-refractivity contribution is 5.93. The molecule has 0 radical (unpaired) electrons. The molecule has 5 heteroatoms. The summed E-state index contributed by atoms with van der Waals surface area (Å²) >= 11 is 0. The molecule has 0 spiro atoms. The van der Waals surface area contributed by atoms with E-state index in [-0.39, 0.29) is 5.91 Å². The first-order chi connectivity index (χ1) is 7.31. The van der Waals surface area contributed by atoms with Crippen molar-refractivity contribution in [3.05, 3.63) is 24.0 Å². The van der Waals surface area contributed by atoms with Crippen molar-refractivity contribution in [1.29, 1.82) is 0 Å². The van der Waals surface area contributed by atoms with Crippen LogP contribution in [0.5, 0.6) is 0 Å². The Balaban J connectivity index is 2.04. The molecule has 2 heterocycles. The van der Waals surface area contributed by atoms with E-state index >= 15 is 0 Å². The lowest BCUT2D eigenvalue weighted by Crippen LogP contribution is -2.29. The van der Waals surface area contributed by atoms with Crippen LogP contribution in [0.15, 0.2) is 18.5 Å². The molecule has 0 aliphatic carbocycles. The fourth-order valence-electron chi connectivity index (χ4n) is 1.81. The lowest BCUT2D eigenvalue weighted by molar-refractivity contribution is 0.0787. The second kappa shape index (κ2) is 4.35. The van der Waals surface area contributed by atoms with E-state index in [1.807, 2.05) is 4.90 Å². The molecule has 2 rings (SSSR count). The van der Waals surface area contributed by atoms with Crippen molar-refractivity contribution in [2.24, 2.45) is 11.7 Å². The summed E-state index contributed by atoms with van der Waals surface area (Å²) in [5, 5.41) is 7.34. The van der Waals surface area contributed by atoms with E-state index in [4.69, 9.17) is 5.73 Å². The minimum Gasteiger partial charge on any atom is -0.338 e. The third-order valence-electron chi connectivity index (χ3n) is 2.74. The molecule has 1 unspecified atom stereocenters. The Hall–Kier alpha value is -1.49. The Morgan fingerprint density at radius 2 is 2.47 bits per heavy atom.